The summed E-state index contributed by atoms with van der Waals surface area (Å²) in [5.41, 5.74) is 0.731. The van der Waals surface area contributed by atoms with Gasteiger partial charge in [-0.3, -0.25) is 19.3 Å². The molecule has 1 aliphatic rings. The van der Waals surface area contributed by atoms with E-state index in [0.29, 0.717) is 10.0 Å². The number of rotatable bonds is 8. The Morgan fingerprint density at radius 2 is 2.18 bits per heavy atom. The van der Waals surface area contributed by atoms with Crippen LogP contribution in [0.2, 0.25) is 5.15 Å². The summed E-state index contributed by atoms with van der Waals surface area (Å²) in [6.07, 6.45) is -0.637. The van der Waals surface area contributed by atoms with Crippen molar-refractivity contribution in [1.29, 1.82) is 0 Å². The lowest BCUT2D eigenvalue weighted by atomic mass is 10.2. The maximum Gasteiger partial charge on any atom is 0.389 e. The van der Waals surface area contributed by atoms with Gasteiger partial charge in [0.1, 0.15) is 10.0 Å². The van der Waals surface area contributed by atoms with E-state index >= 15 is 0 Å². The molecule has 0 radical (unpaired) electrons. The number of hydrogen-bond acceptors (Lipinski definition) is 6. The van der Waals surface area contributed by atoms with Gasteiger partial charge in [0.15, 0.2) is 5.15 Å². The van der Waals surface area contributed by atoms with E-state index in [-0.39, 0.29) is 42.0 Å². The minimum Gasteiger partial charge on any atom is -0.304 e. The predicted octanol–water partition coefficient (Wildman–Crippen LogP) is 3.84. The first-order valence-corrected chi connectivity index (χ1v) is 10.9. The smallest absolute Gasteiger partial charge is 0.304 e. The average molecular weight is 458 g/mol. The van der Waals surface area contributed by atoms with Gasteiger partial charge in [-0.1, -0.05) is 29.0 Å². The Bertz CT molecular complexity index is 796. The number of allylic oxidation sites excluding steroid dienone is 2. The van der Waals surface area contributed by atoms with Crippen molar-refractivity contribution in [3.8, 4) is 0 Å². The number of nitrogens with zero attached hydrogens (tertiary/aromatic N) is 3. The van der Waals surface area contributed by atoms with Crippen molar-refractivity contribution in [1.82, 2.24) is 10.0 Å². The van der Waals surface area contributed by atoms with E-state index in [1.165, 1.54) is 29.5 Å². The fourth-order valence-corrected chi connectivity index (χ4v) is 4.74. The highest BCUT2D eigenvalue weighted by Crippen LogP contribution is 2.36. The van der Waals surface area contributed by atoms with Crippen LogP contribution in [0.3, 0.4) is 0 Å². The lowest BCUT2D eigenvalue weighted by molar-refractivity contribution is -0.134. The standard InChI is InChI=1S/C16H19ClF3N3O3S2/c1-22(12(24)5-9-28(26)8-3-6-16(18,19)20)15-13(17)21-14(27-15)11-4-2-7-23(25)10-11/h2,4,7,25H,3,5-6,8-10H2,1H3. The lowest BCUT2D eigenvalue weighted by Crippen LogP contribution is -2.27. The molecule has 1 unspecified atom stereocenters. The molecule has 2 rings (SSSR count). The van der Waals surface area contributed by atoms with Crippen LogP contribution in [0.4, 0.5) is 18.2 Å². The quantitative estimate of drug-likeness (QED) is 0.642. The van der Waals surface area contributed by atoms with Crippen LogP contribution in [-0.4, -0.2) is 56.6 Å². The van der Waals surface area contributed by atoms with Crippen molar-refractivity contribution in [3.63, 3.8) is 0 Å². The molecule has 0 bridgehead atoms. The maximum absolute atomic E-state index is 12.3. The average Bonchev–Trinajstić information content (AvgIpc) is 2.99. The molecule has 28 heavy (non-hydrogen) atoms. The SMILES string of the molecule is CN(C(=O)CCS(=O)CCCC(F)(F)F)c1sc(C2=CC=CN(O)C2)nc1Cl. The number of thiazole rings is 1. The van der Waals surface area contributed by atoms with Gasteiger partial charge in [0.25, 0.3) is 0 Å². The second kappa shape index (κ2) is 9.86. The third kappa shape index (κ3) is 6.87. The fraction of sp³-hybridized carbons (Fsp3) is 0.500. The number of alkyl halides is 3. The number of halogens is 4. The Balaban J connectivity index is 1.90. The summed E-state index contributed by atoms with van der Waals surface area (Å²) in [5, 5.41) is 11.6. The normalized spacial score (nSPS) is 15.5. The second-order valence-corrected chi connectivity index (χ2v) is 9.05. The van der Waals surface area contributed by atoms with Crippen molar-refractivity contribution in [3.05, 3.63) is 28.5 Å². The molecule has 0 spiro atoms. The fourth-order valence-electron chi connectivity index (χ4n) is 2.33. The minimum absolute atomic E-state index is 0.0142. The predicted molar refractivity (Wildman–Crippen MR) is 104 cm³/mol. The molecule has 0 fully saturated rings. The summed E-state index contributed by atoms with van der Waals surface area (Å²) in [7, 11) is 0.00658. The molecule has 156 valence electrons. The molecule has 6 nitrogen and oxygen atoms in total. The molecule has 1 atom stereocenters. The topological polar surface area (TPSA) is 73.7 Å². The van der Waals surface area contributed by atoms with Crippen LogP contribution >= 0.6 is 22.9 Å². The van der Waals surface area contributed by atoms with Gasteiger partial charge in [-0.25, -0.2) is 4.98 Å². The molecular formula is C16H19ClF3N3O3S2. The van der Waals surface area contributed by atoms with Gasteiger partial charge >= 0.3 is 6.18 Å². The zero-order chi connectivity index (χ0) is 20.9. The second-order valence-electron chi connectivity index (χ2n) is 6.02. The highest BCUT2D eigenvalue weighted by molar-refractivity contribution is 7.84. The molecule has 1 aromatic rings. The molecular weight excluding hydrogens is 439 g/mol. The molecule has 0 aromatic carbocycles. The van der Waals surface area contributed by atoms with Crippen LogP contribution in [0.1, 0.15) is 24.3 Å². The summed E-state index contributed by atoms with van der Waals surface area (Å²) in [5.74, 6) is -0.469. The van der Waals surface area contributed by atoms with E-state index in [0.717, 1.165) is 10.6 Å². The summed E-state index contributed by atoms with van der Waals surface area (Å²) < 4.78 is 48.1. The van der Waals surface area contributed by atoms with Crippen LogP contribution in [0.15, 0.2) is 18.4 Å². The lowest BCUT2D eigenvalue weighted by Gasteiger charge is -2.16. The van der Waals surface area contributed by atoms with Gasteiger partial charge in [0.2, 0.25) is 5.91 Å². The zero-order valence-electron chi connectivity index (χ0n) is 14.9. The van der Waals surface area contributed by atoms with E-state index in [1.54, 1.807) is 12.2 Å². The van der Waals surface area contributed by atoms with E-state index in [2.05, 4.69) is 4.98 Å². The first-order chi connectivity index (χ1) is 13.1. The van der Waals surface area contributed by atoms with Gasteiger partial charge in [0, 0.05) is 54.0 Å². The molecule has 0 saturated heterocycles. The number of amides is 1. The van der Waals surface area contributed by atoms with Gasteiger partial charge in [0.05, 0.1) is 6.54 Å². The molecule has 2 heterocycles. The number of hydroxylamine groups is 2. The van der Waals surface area contributed by atoms with Crippen LogP contribution in [0, 0.1) is 0 Å². The summed E-state index contributed by atoms with van der Waals surface area (Å²) in [4.78, 5) is 17.8. The van der Waals surface area contributed by atoms with Gasteiger partial charge < -0.3 is 4.90 Å². The number of carbonyl (C=O) groups is 1. The summed E-state index contributed by atoms with van der Waals surface area (Å²) >= 11 is 7.31. The largest absolute Gasteiger partial charge is 0.389 e. The van der Waals surface area contributed by atoms with Crippen LogP contribution in [-0.2, 0) is 15.6 Å². The Hall–Kier alpha value is -1.43. The summed E-state index contributed by atoms with van der Waals surface area (Å²) in [6.45, 7) is 0.231. The third-order valence-corrected chi connectivity index (χ3v) is 6.77. The van der Waals surface area contributed by atoms with E-state index in [4.69, 9.17) is 11.6 Å². The van der Waals surface area contributed by atoms with Crippen molar-refractivity contribution >= 4 is 50.2 Å². The van der Waals surface area contributed by atoms with Gasteiger partial charge in [-0.05, 0) is 12.5 Å². The molecule has 0 saturated carbocycles. The molecule has 0 aliphatic carbocycles. The van der Waals surface area contributed by atoms with Crippen molar-refractivity contribution < 1.29 is 27.4 Å². The molecule has 12 heteroatoms. The number of aromatic nitrogens is 1. The molecule has 1 aromatic heterocycles. The Morgan fingerprint density at radius 1 is 1.46 bits per heavy atom. The Kier molecular flexibility index (Phi) is 8.05. The Morgan fingerprint density at radius 3 is 2.82 bits per heavy atom. The van der Waals surface area contributed by atoms with Gasteiger partial charge in [-0.2, -0.15) is 13.2 Å². The Labute approximate surface area is 171 Å². The van der Waals surface area contributed by atoms with Crippen molar-refractivity contribution in [2.24, 2.45) is 0 Å². The monoisotopic (exact) mass is 457 g/mol. The molecule has 1 N–H and O–H groups in total. The first kappa shape index (κ1) is 22.9. The van der Waals surface area contributed by atoms with Crippen LogP contribution < -0.4 is 4.90 Å². The number of hydrogen-bond donors (Lipinski definition) is 1. The molecule has 1 aliphatic heterocycles. The number of carbonyl (C=O) groups excluding carboxylic acids is 1. The van der Waals surface area contributed by atoms with E-state index in [9.17, 15) is 27.4 Å². The first-order valence-electron chi connectivity index (χ1n) is 8.24. The van der Waals surface area contributed by atoms with Crippen LogP contribution in [0.5, 0.6) is 0 Å². The highest BCUT2D eigenvalue weighted by Gasteiger charge is 2.26. The van der Waals surface area contributed by atoms with Crippen molar-refractivity contribution in [2.75, 3.05) is 30.0 Å². The molecule has 1 amide bonds. The maximum atomic E-state index is 12.3. The minimum atomic E-state index is -4.27. The van der Waals surface area contributed by atoms with E-state index in [1.807, 2.05) is 0 Å². The van der Waals surface area contributed by atoms with Crippen LogP contribution in [0.25, 0.3) is 5.57 Å². The zero-order valence-corrected chi connectivity index (χ0v) is 17.3. The van der Waals surface area contributed by atoms with Gasteiger partial charge in [-0.15, -0.1) is 0 Å². The highest BCUT2D eigenvalue weighted by atomic mass is 35.5. The van der Waals surface area contributed by atoms with E-state index < -0.39 is 23.4 Å². The third-order valence-electron chi connectivity index (χ3n) is 3.79. The number of anilines is 1. The van der Waals surface area contributed by atoms with Crippen molar-refractivity contribution in [2.45, 2.75) is 25.4 Å². The summed E-state index contributed by atoms with van der Waals surface area (Å²) in [6, 6.07) is 0.